The van der Waals surface area contributed by atoms with Gasteiger partial charge in [-0.25, -0.2) is 0 Å². The number of benzene rings is 1. The van der Waals surface area contributed by atoms with Crippen molar-refractivity contribution in [1.29, 1.82) is 0 Å². The number of hydrogen-bond donors (Lipinski definition) is 0. The summed E-state index contributed by atoms with van der Waals surface area (Å²) < 4.78 is 0. The zero-order chi connectivity index (χ0) is 15.7. The highest BCUT2D eigenvalue weighted by molar-refractivity contribution is 6.34. The highest BCUT2D eigenvalue weighted by Gasteiger charge is 2.33. The third kappa shape index (κ3) is 2.95. The van der Waals surface area contributed by atoms with Gasteiger partial charge < -0.3 is 4.90 Å². The number of fused-ring (bicyclic) bond motifs is 1. The number of amides is 1. The Hall–Kier alpha value is -1.62. The second-order valence-corrected chi connectivity index (χ2v) is 6.67. The number of rotatable bonds is 2. The van der Waals surface area contributed by atoms with Crippen LogP contribution in [-0.4, -0.2) is 28.8 Å². The topological polar surface area (TPSA) is 63.4 Å². The highest BCUT2D eigenvalue weighted by atomic mass is 35.5. The lowest BCUT2D eigenvalue weighted by molar-refractivity contribution is -0.384. The van der Waals surface area contributed by atoms with E-state index in [-0.39, 0.29) is 16.6 Å². The molecular weight excluding hydrogens is 304 g/mol. The van der Waals surface area contributed by atoms with Crippen LogP contribution in [0.4, 0.5) is 5.69 Å². The minimum absolute atomic E-state index is 0.0902. The average Bonchev–Trinajstić information content (AvgIpc) is 2.53. The quantitative estimate of drug-likeness (QED) is 0.612. The Morgan fingerprint density at radius 1 is 1.23 bits per heavy atom. The first kappa shape index (κ1) is 15.3. The molecule has 118 valence electrons. The van der Waals surface area contributed by atoms with Gasteiger partial charge in [0, 0.05) is 25.2 Å². The Morgan fingerprint density at radius 3 is 2.64 bits per heavy atom. The van der Waals surface area contributed by atoms with Crippen molar-refractivity contribution in [3.05, 3.63) is 38.9 Å². The van der Waals surface area contributed by atoms with Gasteiger partial charge in [-0.3, -0.25) is 14.9 Å². The second kappa shape index (κ2) is 6.24. The van der Waals surface area contributed by atoms with Crippen molar-refractivity contribution >= 4 is 23.2 Å². The van der Waals surface area contributed by atoms with Crippen molar-refractivity contribution in [3.63, 3.8) is 0 Å². The standard InChI is InChI=1S/C16H19ClN2O3/c17-15-9-13(19(21)22)5-6-14(15)16(20)18-8-7-11-3-1-2-4-12(11)10-18/h5-6,9,11-12H,1-4,7-8,10H2/t11-,12-/m0/s1. The maximum atomic E-state index is 12.6. The van der Waals surface area contributed by atoms with Gasteiger partial charge in [-0.15, -0.1) is 0 Å². The van der Waals surface area contributed by atoms with Crippen molar-refractivity contribution in [2.45, 2.75) is 32.1 Å². The van der Waals surface area contributed by atoms with Crippen LogP contribution in [0.3, 0.4) is 0 Å². The molecule has 0 aromatic heterocycles. The number of piperidine rings is 1. The molecule has 22 heavy (non-hydrogen) atoms. The molecular formula is C16H19ClN2O3. The van der Waals surface area contributed by atoms with Crippen molar-refractivity contribution in [1.82, 2.24) is 4.90 Å². The fourth-order valence-corrected chi connectivity index (χ4v) is 4.00. The molecule has 6 heteroatoms. The normalized spacial score (nSPS) is 24.7. The number of hydrogen-bond acceptors (Lipinski definition) is 3. The van der Waals surface area contributed by atoms with Crippen LogP contribution in [0, 0.1) is 22.0 Å². The van der Waals surface area contributed by atoms with Crippen molar-refractivity contribution in [2.75, 3.05) is 13.1 Å². The van der Waals surface area contributed by atoms with Crippen LogP contribution in [-0.2, 0) is 0 Å². The molecule has 0 N–H and O–H groups in total. The molecule has 1 heterocycles. The summed E-state index contributed by atoms with van der Waals surface area (Å²) >= 11 is 6.07. The summed E-state index contributed by atoms with van der Waals surface area (Å²) in [6.45, 7) is 1.55. The van der Waals surface area contributed by atoms with Gasteiger partial charge in [0.15, 0.2) is 0 Å². The largest absolute Gasteiger partial charge is 0.338 e. The molecule has 1 saturated heterocycles. The average molecular weight is 323 g/mol. The van der Waals surface area contributed by atoms with Gasteiger partial charge in [0.25, 0.3) is 11.6 Å². The summed E-state index contributed by atoms with van der Waals surface area (Å²) in [6.07, 6.45) is 6.10. The summed E-state index contributed by atoms with van der Waals surface area (Å²) in [5.74, 6) is 1.25. The van der Waals surface area contributed by atoms with Crippen LogP contribution < -0.4 is 0 Å². The van der Waals surface area contributed by atoms with Crippen molar-refractivity contribution < 1.29 is 9.72 Å². The van der Waals surface area contributed by atoms with E-state index in [1.807, 2.05) is 4.90 Å². The van der Waals surface area contributed by atoms with E-state index < -0.39 is 4.92 Å². The van der Waals surface area contributed by atoms with E-state index >= 15 is 0 Å². The molecule has 0 bridgehead atoms. The highest BCUT2D eigenvalue weighted by Crippen LogP contribution is 2.36. The minimum Gasteiger partial charge on any atom is -0.338 e. The molecule has 1 aromatic rings. The van der Waals surface area contributed by atoms with Gasteiger partial charge in [-0.05, 0) is 30.7 Å². The first-order valence-corrected chi connectivity index (χ1v) is 8.17. The molecule has 2 fully saturated rings. The SMILES string of the molecule is O=C(c1ccc([N+](=O)[O-])cc1Cl)N1CC[C@@H]2CCCC[C@H]2C1. The Labute approximate surface area is 134 Å². The number of non-ortho nitro benzene ring substituents is 1. The number of nitro groups is 1. The van der Waals surface area contributed by atoms with Crippen LogP contribution in [0.2, 0.25) is 5.02 Å². The van der Waals surface area contributed by atoms with E-state index in [1.165, 1.54) is 43.9 Å². The van der Waals surface area contributed by atoms with Gasteiger partial charge in [-0.1, -0.05) is 30.9 Å². The Bertz CT molecular complexity index is 605. The molecule has 2 atom stereocenters. The summed E-state index contributed by atoms with van der Waals surface area (Å²) in [6, 6.07) is 4.06. The fraction of sp³-hybridized carbons (Fsp3) is 0.562. The Balaban J connectivity index is 1.75. The molecule has 0 unspecified atom stereocenters. The summed E-state index contributed by atoms with van der Waals surface area (Å²) in [5.41, 5.74) is 0.272. The smallest absolute Gasteiger partial charge is 0.270 e. The molecule has 2 aliphatic rings. The molecule has 1 aliphatic carbocycles. The van der Waals surface area contributed by atoms with Gasteiger partial charge in [0.05, 0.1) is 15.5 Å². The lowest BCUT2D eigenvalue weighted by Crippen LogP contribution is -2.44. The number of likely N-dealkylation sites (tertiary alicyclic amines) is 1. The summed E-state index contributed by atoms with van der Waals surface area (Å²) in [5, 5.41) is 10.9. The zero-order valence-corrected chi connectivity index (χ0v) is 13.1. The summed E-state index contributed by atoms with van der Waals surface area (Å²) in [7, 11) is 0. The van der Waals surface area contributed by atoms with Crippen molar-refractivity contribution in [2.24, 2.45) is 11.8 Å². The van der Waals surface area contributed by atoms with E-state index in [0.29, 0.717) is 11.5 Å². The van der Waals surface area contributed by atoms with E-state index in [0.717, 1.165) is 25.4 Å². The lowest BCUT2D eigenvalue weighted by atomic mass is 9.75. The third-order valence-corrected chi connectivity index (χ3v) is 5.29. The Kier molecular flexibility index (Phi) is 4.34. The molecule has 1 saturated carbocycles. The first-order valence-electron chi connectivity index (χ1n) is 7.79. The first-order chi connectivity index (χ1) is 10.6. The number of nitro benzene ring substituents is 1. The fourth-order valence-electron chi connectivity index (χ4n) is 3.75. The molecule has 5 nitrogen and oxygen atoms in total. The second-order valence-electron chi connectivity index (χ2n) is 6.27. The Morgan fingerprint density at radius 2 is 1.95 bits per heavy atom. The van der Waals surface area contributed by atoms with Crippen molar-refractivity contribution in [3.8, 4) is 0 Å². The predicted octanol–water partition coefficient (Wildman–Crippen LogP) is 3.90. The maximum absolute atomic E-state index is 12.6. The molecule has 1 aliphatic heterocycles. The molecule has 0 spiro atoms. The zero-order valence-electron chi connectivity index (χ0n) is 12.3. The van der Waals surface area contributed by atoms with E-state index in [9.17, 15) is 14.9 Å². The van der Waals surface area contributed by atoms with E-state index in [4.69, 9.17) is 11.6 Å². The minimum atomic E-state index is -0.506. The predicted molar refractivity (Wildman–Crippen MR) is 84.1 cm³/mol. The van der Waals surface area contributed by atoms with Crippen LogP contribution in [0.15, 0.2) is 18.2 Å². The molecule has 1 amide bonds. The third-order valence-electron chi connectivity index (χ3n) is 4.97. The number of carbonyl (C=O) groups is 1. The van der Waals surface area contributed by atoms with Gasteiger partial charge in [0.1, 0.15) is 0 Å². The number of nitrogens with zero attached hydrogens (tertiary/aromatic N) is 2. The lowest BCUT2D eigenvalue weighted by Gasteiger charge is -2.41. The molecule has 3 rings (SSSR count). The number of halogens is 1. The molecule has 0 radical (unpaired) electrons. The van der Waals surface area contributed by atoms with Crippen LogP contribution in [0.25, 0.3) is 0 Å². The van der Waals surface area contributed by atoms with Crippen LogP contribution in [0.1, 0.15) is 42.5 Å². The molecule has 1 aromatic carbocycles. The van der Waals surface area contributed by atoms with Gasteiger partial charge in [0.2, 0.25) is 0 Å². The van der Waals surface area contributed by atoms with Crippen LogP contribution >= 0.6 is 11.6 Å². The van der Waals surface area contributed by atoms with E-state index in [1.54, 1.807) is 0 Å². The maximum Gasteiger partial charge on any atom is 0.270 e. The van der Waals surface area contributed by atoms with E-state index in [2.05, 4.69) is 0 Å². The number of carbonyl (C=O) groups excluding carboxylic acids is 1. The van der Waals surface area contributed by atoms with Gasteiger partial charge in [-0.2, -0.15) is 0 Å². The summed E-state index contributed by atoms with van der Waals surface area (Å²) in [4.78, 5) is 24.7. The monoisotopic (exact) mass is 322 g/mol. The van der Waals surface area contributed by atoms with Crippen LogP contribution in [0.5, 0.6) is 0 Å². The van der Waals surface area contributed by atoms with Gasteiger partial charge >= 0.3 is 0 Å².